The van der Waals surface area contributed by atoms with E-state index >= 15 is 0 Å². The molecule has 0 aromatic rings. The molecule has 1 aliphatic heterocycles. The zero-order valence-corrected chi connectivity index (χ0v) is 6.76. The van der Waals surface area contributed by atoms with Crippen LogP contribution in [0.15, 0.2) is 33.5 Å². The van der Waals surface area contributed by atoms with Crippen LogP contribution in [0, 0.1) is 0 Å². The molecule has 0 N–H and O–H groups in total. The molecule has 0 spiro atoms. The van der Waals surface area contributed by atoms with Crippen LogP contribution in [0.5, 0.6) is 0 Å². The predicted molar refractivity (Wildman–Crippen MR) is 35.9 cm³/mol. The third-order valence-corrected chi connectivity index (χ3v) is 4.25. The summed E-state index contributed by atoms with van der Waals surface area (Å²) in [5.74, 6) is 0. The first kappa shape index (κ1) is 4.85. The van der Waals surface area contributed by atoms with Gasteiger partial charge in [0.05, 0.1) is 0 Å². The molecule has 0 aromatic heterocycles. The van der Waals surface area contributed by atoms with Crippen molar-refractivity contribution in [3.63, 3.8) is 0 Å². The van der Waals surface area contributed by atoms with E-state index in [4.69, 9.17) is 0 Å². The van der Waals surface area contributed by atoms with Gasteiger partial charge in [0, 0.05) is 0 Å². The minimum absolute atomic E-state index is 0.248. The standard InChI is InChI=1S/C7H6Te/c1-2-6-4-5-8-7(6)3-1/h1-4H,5H2. The van der Waals surface area contributed by atoms with Gasteiger partial charge >= 0.3 is 58.9 Å². The molecule has 0 fully saturated rings. The number of rotatable bonds is 0. The molecule has 0 aromatic carbocycles. The van der Waals surface area contributed by atoms with E-state index in [1.807, 2.05) is 0 Å². The summed E-state index contributed by atoms with van der Waals surface area (Å²) in [5.41, 5.74) is 1.52. The average molecular weight is 218 g/mol. The van der Waals surface area contributed by atoms with Crippen molar-refractivity contribution in [2.45, 2.75) is 4.47 Å². The summed E-state index contributed by atoms with van der Waals surface area (Å²) in [4.78, 5) is 0. The molecule has 1 aliphatic carbocycles. The fourth-order valence-corrected chi connectivity index (χ4v) is 3.61. The summed E-state index contributed by atoms with van der Waals surface area (Å²) in [7, 11) is 0. The topological polar surface area (TPSA) is 0 Å². The quantitative estimate of drug-likeness (QED) is 0.540. The Morgan fingerprint density at radius 1 is 1.50 bits per heavy atom. The molecular weight excluding hydrogens is 212 g/mol. The predicted octanol–water partition coefficient (Wildman–Crippen LogP) is 1.50. The number of allylic oxidation sites excluding steroid dienone is 6. The molecule has 0 bridgehead atoms. The van der Waals surface area contributed by atoms with Gasteiger partial charge in [-0.1, -0.05) is 0 Å². The Balaban J connectivity index is 2.49. The van der Waals surface area contributed by atoms with Crippen LogP contribution in [0.4, 0.5) is 0 Å². The van der Waals surface area contributed by atoms with Crippen LogP contribution in [-0.2, 0) is 0 Å². The van der Waals surface area contributed by atoms with Crippen molar-refractivity contribution < 1.29 is 0 Å². The summed E-state index contributed by atoms with van der Waals surface area (Å²) < 4.78 is 3.05. The third-order valence-electron chi connectivity index (χ3n) is 1.35. The molecule has 1 heteroatoms. The van der Waals surface area contributed by atoms with Crippen molar-refractivity contribution in [3.8, 4) is 0 Å². The van der Waals surface area contributed by atoms with Crippen molar-refractivity contribution in [2.24, 2.45) is 0 Å². The average Bonchev–Trinajstić information content (AvgIpc) is 2.15. The van der Waals surface area contributed by atoms with Crippen LogP contribution in [0.3, 0.4) is 0 Å². The number of hydrogen-bond donors (Lipinski definition) is 0. The van der Waals surface area contributed by atoms with Gasteiger partial charge in [-0.3, -0.25) is 0 Å². The molecule has 0 amide bonds. The Kier molecular flexibility index (Phi) is 1.06. The van der Waals surface area contributed by atoms with Crippen LogP contribution in [0.2, 0.25) is 4.47 Å². The van der Waals surface area contributed by atoms with E-state index < -0.39 is 0 Å². The summed E-state index contributed by atoms with van der Waals surface area (Å²) in [6.07, 6.45) is 9.00. The first-order chi connectivity index (χ1) is 3.97. The molecule has 0 radical (unpaired) electrons. The second-order valence-electron chi connectivity index (χ2n) is 1.86. The van der Waals surface area contributed by atoms with Gasteiger partial charge in [-0.25, -0.2) is 0 Å². The van der Waals surface area contributed by atoms with Crippen LogP contribution in [-0.4, -0.2) is 20.9 Å². The van der Waals surface area contributed by atoms with Crippen molar-refractivity contribution >= 4 is 20.9 Å². The van der Waals surface area contributed by atoms with Gasteiger partial charge in [0.25, 0.3) is 0 Å². The maximum atomic E-state index is 2.36. The molecule has 8 heavy (non-hydrogen) atoms. The maximum absolute atomic E-state index is 2.36. The molecule has 0 nitrogen and oxygen atoms in total. The fourth-order valence-electron chi connectivity index (χ4n) is 0.939. The van der Waals surface area contributed by atoms with E-state index in [1.54, 1.807) is 3.62 Å². The number of fused-ring (bicyclic) bond motifs is 1. The molecule has 0 saturated heterocycles. The Hall–Kier alpha value is 0.00961. The van der Waals surface area contributed by atoms with Gasteiger partial charge in [-0.2, -0.15) is 0 Å². The third kappa shape index (κ3) is 0.588. The Morgan fingerprint density at radius 3 is 3.38 bits per heavy atom. The summed E-state index contributed by atoms with van der Waals surface area (Å²) in [5, 5.41) is 0. The van der Waals surface area contributed by atoms with E-state index in [0.29, 0.717) is 0 Å². The Morgan fingerprint density at radius 2 is 2.50 bits per heavy atom. The second-order valence-corrected chi connectivity index (χ2v) is 4.89. The molecule has 0 saturated carbocycles. The van der Waals surface area contributed by atoms with Crippen LogP contribution in [0.1, 0.15) is 0 Å². The van der Waals surface area contributed by atoms with Gasteiger partial charge in [-0.15, -0.1) is 0 Å². The van der Waals surface area contributed by atoms with E-state index in [2.05, 4.69) is 24.3 Å². The summed E-state index contributed by atoms with van der Waals surface area (Å²) in [6.45, 7) is 0. The van der Waals surface area contributed by atoms with Crippen LogP contribution < -0.4 is 0 Å². The molecule has 0 atom stereocenters. The van der Waals surface area contributed by atoms with Gasteiger partial charge in [0.15, 0.2) is 0 Å². The first-order valence-electron chi connectivity index (χ1n) is 2.68. The summed E-state index contributed by atoms with van der Waals surface area (Å²) >= 11 is 0.248. The van der Waals surface area contributed by atoms with Gasteiger partial charge in [-0.05, 0) is 0 Å². The zero-order chi connectivity index (χ0) is 5.40. The van der Waals surface area contributed by atoms with E-state index in [9.17, 15) is 0 Å². The van der Waals surface area contributed by atoms with E-state index in [1.165, 1.54) is 10.0 Å². The molecule has 2 aliphatic rings. The van der Waals surface area contributed by atoms with Crippen LogP contribution in [0.25, 0.3) is 0 Å². The van der Waals surface area contributed by atoms with Crippen LogP contribution >= 0.6 is 0 Å². The molecule has 2 rings (SSSR count). The normalized spacial score (nSPS) is 23.0. The Bertz CT molecular complexity index is 196. The molecular formula is C7H6Te. The molecule has 1 heterocycles. The van der Waals surface area contributed by atoms with Crippen molar-refractivity contribution in [2.75, 3.05) is 0 Å². The molecule has 0 unspecified atom stereocenters. The first-order valence-corrected chi connectivity index (χ1v) is 5.50. The number of hydrogen-bond acceptors (Lipinski definition) is 0. The fraction of sp³-hybridized carbons (Fsp3) is 0.143. The Labute approximate surface area is 59.1 Å². The van der Waals surface area contributed by atoms with Crippen molar-refractivity contribution in [1.29, 1.82) is 0 Å². The second kappa shape index (κ2) is 1.76. The van der Waals surface area contributed by atoms with E-state index in [-0.39, 0.29) is 20.9 Å². The van der Waals surface area contributed by atoms with E-state index in [0.717, 1.165) is 0 Å². The monoisotopic (exact) mass is 220 g/mol. The minimum atomic E-state index is 0.248. The van der Waals surface area contributed by atoms with Crippen molar-refractivity contribution in [3.05, 3.63) is 33.5 Å². The molecule has 40 valence electrons. The SMILES string of the molecule is C1=CC2=CC[Te]C2=C1. The van der Waals surface area contributed by atoms with Gasteiger partial charge in [0.2, 0.25) is 0 Å². The van der Waals surface area contributed by atoms with Crippen molar-refractivity contribution in [1.82, 2.24) is 0 Å². The van der Waals surface area contributed by atoms with Gasteiger partial charge in [0.1, 0.15) is 0 Å². The summed E-state index contributed by atoms with van der Waals surface area (Å²) in [6, 6.07) is 0. The van der Waals surface area contributed by atoms with Gasteiger partial charge < -0.3 is 0 Å². The zero-order valence-electron chi connectivity index (χ0n) is 4.42.